The smallest absolute Gasteiger partial charge is 0.345 e. The van der Waals surface area contributed by atoms with E-state index in [2.05, 4.69) is 17.2 Å². The second-order valence-corrected chi connectivity index (χ2v) is 2.74. The van der Waals surface area contributed by atoms with Crippen LogP contribution in [0.25, 0.3) is 0 Å². The lowest BCUT2D eigenvalue weighted by molar-refractivity contribution is -0.137. The number of urea groups is 1. The Balaban J connectivity index is 3.65. The molecule has 0 heterocycles. The Morgan fingerprint density at radius 2 is 1.81 bits per heavy atom. The first-order chi connectivity index (χ1) is 7.35. The van der Waals surface area contributed by atoms with E-state index < -0.39 is 31.2 Å². The van der Waals surface area contributed by atoms with E-state index in [1.165, 1.54) is 6.08 Å². The number of nitrogens with one attached hydrogen (secondary N) is 3. The zero-order valence-corrected chi connectivity index (χ0v) is 8.36. The Morgan fingerprint density at radius 3 is 2.31 bits per heavy atom. The minimum atomic E-state index is -4.46. The van der Waals surface area contributed by atoms with Crippen molar-refractivity contribution in [2.45, 2.75) is 6.18 Å². The van der Waals surface area contributed by atoms with Gasteiger partial charge in [0.2, 0.25) is 5.91 Å². The van der Waals surface area contributed by atoms with E-state index in [-0.39, 0.29) is 6.54 Å². The summed E-state index contributed by atoms with van der Waals surface area (Å²) in [6, 6.07) is -0.651. The largest absolute Gasteiger partial charge is 0.405 e. The van der Waals surface area contributed by atoms with Crippen molar-refractivity contribution >= 4 is 11.9 Å². The molecule has 0 saturated heterocycles. The van der Waals surface area contributed by atoms with E-state index in [0.29, 0.717) is 0 Å². The topological polar surface area (TPSA) is 70.2 Å². The molecular formula is C8H12F3N3O2. The fourth-order valence-corrected chi connectivity index (χ4v) is 0.649. The fraction of sp³-hybridized carbons (Fsp3) is 0.500. The SMILES string of the molecule is C=CCNC(=O)NCC(=O)NCC(F)(F)F. The molecule has 0 aliphatic carbocycles. The average molecular weight is 239 g/mol. The first-order valence-electron chi connectivity index (χ1n) is 4.31. The van der Waals surface area contributed by atoms with Crippen LogP contribution in [-0.2, 0) is 4.79 Å². The van der Waals surface area contributed by atoms with Crippen molar-refractivity contribution in [3.63, 3.8) is 0 Å². The predicted octanol–water partition coefficient (Wildman–Crippen LogP) is 0.150. The zero-order chi connectivity index (χ0) is 12.6. The van der Waals surface area contributed by atoms with Crippen molar-refractivity contribution < 1.29 is 22.8 Å². The van der Waals surface area contributed by atoms with E-state index in [9.17, 15) is 22.8 Å². The molecule has 0 bridgehead atoms. The Hall–Kier alpha value is -1.73. The molecule has 5 nitrogen and oxygen atoms in total. The fourth-order valence-electron chi connectivity index (χ4n) is 0.649. The Kier molecular flexibility index (Phi) is 5.97. The van der Waals surface area contributed by atoms with Crippen LogP contribution < -0.4 is 16.0 Å². The summed E-state index contributed by atoms with van der Waals surface area (Å²) >= 11 is 0. The van der Waals surface area contributed by atoms with Gasteiger partial charge >= 0.3 is 12.2 Å². The summed E-state index contributed by atoms with van der Waals surface area (Å²) in [6.45, 7) is 1.61. The van der Waals surface area contributed by atoms with Gasteiger partial charge in [-0.1, -0.05) is 6.08 Å². The Bertz CT molecular complexity index is 266. The number of alkyl halides is 3. The highest BCUT2D eigenvalue weighted by Crippen LogP contribution is 2.11. The molecule has 0 aromatic heterocycles. The third kappa shape index (κ3) is 8.85. The molecule has 0 atom stereocenters. The molecule has 0 unspecified atom stereocenters. The summed E-state index contributed by atoms with van der Waals surface area (Å²) in [5, 5.41) is 5.97. The molecule has 0 fully saturated rings. The second kappa shape index (κ2) is 6.70. The molecule has 3 N–H and O–H groups in total. The second-order valence-electron chi connectivity index (χ2n) is 2.74. The van der Waals surface area contributed by atoms with Gasteiger partial charge in [0.15, 0.2) is 0 Å². The highest BCUT2D eigenvalue weighted by molar-refractivity contribution is 5.83. The summed E-state index contributed by atoms with van der Waals surface area (Å²) in [4.78, 5) is 21.6. The molecule has 3 amide bonds. The monoisotopic (exact) mass is 239 g/mol. The van der Waals surface area contributed by atoms with Gasteiger partial charge in [-0.25, -0.2) is 4.79 Å². The quantitative estimate of drug-likeness (QED) is 0.598. The lowest BCUT2D eigenvalue weighted by atomic mass is 10.5. The minimum absolute atomic E-state index is 0.204. The van der Waals surface area contributed by atoms with Crippen molar-refractivity contribution in [1.82, 2.24) is 16.0 Å². The summed E-state index contributed by atoms with van der Waals surface area (Å²) in [6.07, 6.45) is -3.04. The number of hydrogen-bond donors (Lipinski definition) is 3. The molecule has 0 radical (unpaired) electrons. The van der Waals surface area contributed by atoms with Crippen LogP contribution in [0, 0.1) is 0 Å². The van der Waals surface area contributed by atoms with Crippen molar-refractivity contribution in [2.75, 3.05) is 19.6 Å². The highest BCUT2D eigenvalue weighted by Gasteiger charge is 2.27. The number of halogens is 3. The van der Waals surface area contributed by atoms with Crippen LogP contribution in [-0.4, -0.2) is 37.7 Å². The lowest BCUT2D eigenvalue weighted by Crippen LogP contribution is -2.44. The molecule has 0 saturated carbocycles. The first-order valence-corrected chi connectivity index (χ1v) is 4.31. The molecule has 0 spiro atoms. The maximum atomic E-state index is 11.7. The minimum Gasteiger partial charge on any atom is -0.345 e. The maximum absolute atomic E-state index is 11.7. The van der Waals surface area contributed by atoms with Crippen molar-refractivity contribution in [3.05, 3.63) is 12.7 Å². The molecule has 0 aromatic carbocycles. The van der Waals surface area contributed by atoms with Gasteiger partial charge in [-0.05, 0) is 0 Å². The molecule has 16 heavy (non-hydrogen) atoms. The summed E-state index contributed by atoms with van der Waals surface area (Å²) in [7, 11) is 0. The van der Waals surface area contributed by atoms with Gasteiger partial charge in [0.25, 0.3) is 0 Å². The first kappa shape index (κ1) is 14.3. The summed E-state index contributed by atoms with van der Waals surface area (Å²) < 4.78 is 35.0. The molecular weight excluding hydrogens is 227 g/mol. The highest BCUT2D eigenvalue weighted by atomic mass is 19.4. The molecule has 0 rings (SSSR count). The van der Waals surface area contributed by atoms with Crippen LogP contribution in [0.5, 0.6) is 0 Å². The van der Waals surface area contributed by atoms with Crippen molar-refractivity contribution in [2.24, 2.45) is 0 Å². The Morgan fingerprint density at radius 1 is 1.19 bits per heavy atom. The van der Waals surface area contributed by atoms with Gasteiger partial charge in [0.1, 0.15) is 6.54 Å². The van der Waals surface area contributed by atoms with Crippen LogP contribution in [0.1, 0.15) is 0 Å². The molecule has 0 aromatic rings. The van der Waals surface area contributed by atoms with Gasteiger partial charge in [-0.2, -0.15) is 13.2 Å². The maximum Gasteiger partial charge on any atom is 0.405 e. The van der Waals surface area contributed by atoms with E-state index in [1.807, 2.05) is 0 Å². The Labute approximate surface area is 90.1 Å². The van der Waals surface area contributed by atoms with Crippen molar-refractivity contribution in [1.29, 1.82) is 0 Å². The molecule has 92 valence electrons. The molecule has 0 aliphatic heterocycles. The number of carbonyl (C=O) groups excluding carboxylic acids is 2. The number of rotatable bonds is 5. The predicted molar refractivity (Wildman–Crippen MR) is 50.7 cm³/mol. The summed E-state index contributed by atoms with van der Waals surface area (Å²) in [5.74, 6) is -0.911. The van der Waals surface area contributed by atoms with Gasteiger partial charge in [-0.3, -0.25) is 4.79 Å². The van der Waals surface area contributed by atoms with Crippen LogP contribution in [0.2, 0.25) is 0 Å². The average Bonchev–Trinajstić information content (AvgIpc) is 2.19. The standard InChI is InChI=1S/C8H12F3N3O2/c1-2-3-12-7(16)13-4-6(15)14-5-8(9,10)11/h2H,1,3-5H2,(H,14,15)(H2,12,13,16). The summed E-state index contributed by atoms with van der Waals surface area (Å²) in [5.41, 5.74) is 0. The van der Waals surface area contributed by atoms with E-state index in [4.69, 9.17) is 0 Å². The van der Waals surface area contributed by atoms with Gasteiger partial charge in [0.05, 0.1) is 6.54 Å². The van der Waals surface area contributed by atoms with Crippen LogP contribution in [0.3, 0.4) is 0 Å². The van der Waals surface area contributed by atoms with Crippen LogP contribution in [0.4, 0.5) is 18.0 Å². The third-order valence-electron chi connectivity index (χ3n) is 1.30. The number of hydrogen-bond acceptors (Lipinski definition) is 2. The van der Waals surface area contributed by atoms with E-state index in [0.717, 1.165) is 0 Å². The number of carbonyl (C=O) groups is 2. The molecule has 0 aliphatic rings. The van der Waals surface area contributed by atoms with Gasteiger partial charge in [-0.15, -0.1) is 6.58 Å². The molecule has 8 heteroatoms. The third-order valence-corrected chi connectivity index (χ3v) is 1.30. The number of amides is 3. The van der Waals surface area contributed by atoms with E-state index in [1.54, 1.807) is 5.32 Å². The van der Waals surface area contributed by atoms with Crippen LogP contribution in [0.15, 0.2) is 12.7 Å². The lowest BCUT2D eigenvalue weighted by Gasteiger charge is -2.09. The van der Waals surface area contributed by atoms with Crippen molar-refractivity contribution in [3.8, 4) is 0 Å². The van der Waals surface area contributed by atoms with E-state index >= 15 is 0 Å². The zero-order valence-electron chi connectivity index (χ0n) is 8.36. The van der Waals surface area contributed by atoms with Gasteiger partial charge < -0.3 is 16.0 Å². The van der Waals surface area contributed by atoms with Gasteiger partial charge in [0, 0.05) is 6.54 Å². The van der Waals surface area contributed by atoms with Crippen LogP contribution >= 0.6 is 0 Å². The normalized spacial score (nSPS) is 10.4.